The van der Waals surface area contributed by atoms with Crippen molar-refractivity contribution >= 4 is 0 Å². The van der Waals surface area contributed by atoms with Gasteiger partial charge in [0.25, 0.3) is 0 Å². The summed E-state index contributed by atoms with van der Waals surface area (Å²) in [7, 11) is 1.70. The molecule has 3 heterocycles. The molecule has 102 valence electrons. The summed E-state index contributed by atoms with van der Waals surface area (Å²) in [4.78, 5) is 4.29. The van der Waals surface area contributed by atoms with E-state index in [2.05, 4.69) is 20.0 Å². The largest absolute Gasteiger partial charge is 0.383 e. The maximum Gasteiger partial charge on any atom is 0.0995 e. The highest BCUT2D eigenvalue weighted by Crippen LogP contribution is 2.24. The Labute approximate surface area is 112 Å². The number of methoxy groups -OCH3 is 1. The number of nitrogens with one attached hydrogen (secondary N) is 1. The third kappa shape index (κ3) is 2.54. The molecular weight excluding hydrogens is 242 g/mol. The summed E-state index contributed by atoms with van der Waals surface area (Å²) < 4.78 is 9.09. The van der Waals surface area contributed by atoms with Crippen LogP contribution in [0.5, 0.6) is 0 Å². The van der Waals surface area contributed by atoms with Crippen LogP contribution < -0.4 is 5.32 Å². The molecule has 0 aliphatic carbocycles. The van der Waals surface area contributed by atoms with Crippen LogP contribution in [0.4, 0.5) is 0 Å². The third-order valence-corrected chi connectivity index (χ3v) is 3.57. The Morgan fingerprint density at radius 1 is 1.47 bits per heavy atom. The molecule has 1 aliphatic rings. The second-order valence-corrected chi connectivity index (χ2v) is 4.83. The molecule has 0 saturated carbocycles. The fraction of sp³-hybridized carbons (Fsp3) is 0.538. The highest BCUT2D eigenvalue weighted by molar-refractivity contribution is 5.30. The minimum Gasteiger partial charge on any atom is -0.383 e. The number of rotatable bonds is 5. The van der Waals surface area contributed by atoms with Gasteiger partial charge in [-0.2, -0.15) is 5.10 Å². The Hall–Kier alpha value is -1.66. The molecule has 6 nitrogen and oxygen atoms in total. The molecule has 1 unspecified atom stereocenters. The summed E-state index contributed by atoms with van der Waals surface area (Å²) in [5.41, 5.74) is 2.33. The number of aromatic nitrogens is 4. The zero-order valence-electron chi connectivity index (χ0n) is 11.1. The predicted molar refractivity (Wildman–Crippen MR) is 71.5 cm³/mol. The van der Waals surface area contributed by atoms with Crippen molar-refractivity contribution in [2.45, 2.75) is 18.9 Å². The van der Waals surface area contributed by atoms with Crippen LogP contribution in [0.15, 0.2) is 24.9 Å². The first-order chi connectivity index (χ1) is 9.38. The average Bonchev–Trinajstić information content (AvgIpc) is 3.14. The van der Waals surface area contributed by atoms with E-state index in [-0.39, 0.29) is 0 Å². The van der Waals surface area contributed by atoms with E-state index < -0.39 is 0 Å². The van der Waals surface area contributed by atoms with E-state index in [4.69, 9.17) is 4.74 Å². The van der Waals surface area contributed by atoms with E-state index in [1.54, 1.807) is 7.11 Å². The molecule has 1 N–H and O–H groups in total. The highest BCUT2D eigenvalue weighted by Gasteiger charge is 2.21. The van der Waals surface area contributed by atoms with Crippen molar-refractivity contribution in [2.75, 3.05) is 26.8 Å². The van der Waals surface area contributed by atoms with Gasteiger partial charge >= 0.3 is 0 Å². The quantitative estimate of drug-likeness (QED) is 0.864. The van der Waals surface area contributed by atoms with Crippen LogP contribution in [-0.4, -0.2) is 46.1 Å². The van der Waals surface area contributed by atoms with Gasteiger partial charge in [-0.15, -0.1) is 0 Å². The summed E-state index contributed by atoms with van der Waals surface area (Å²) in [6.07, 6.45) is 8.91. The standard InChI is InChI=1S/C13H19N5O/c1-19-5-4-17-9-12(7-16-17)18-10-15-8-13(18)11-2-3-14-6-11/h7-11,14H,2-6H2,1H3. The van der Waals surface area contributed by atoms with Gasteiger partial charge in [0.15, 0.2) is 0 Å². The second kappa shape index (κ2) is 5.54. The molecule has 0 bridgehead atoms. The van der Waals surface area contributed by atoms with E-state index in [1.807, 2.05) is 29.6 Å². The van der Waals surface area contributed by atoms with Crippen molar-refractivity contribution in [3.63, 3.8) is 0 Å². The summed E-state index contributed by atoms with van der Waals surface area (Å²) in [5, 5.41) is 7.74. The lowest BCUT2D eigenvalue weighted by molar-refractivity contribution is 0.183. The normalized spacial score (nSPS) is 19.1. The molecule has 2 aromatic heterocycles. The van der Waals surface area contributed by atoms with Crippen molar-refractivity contribution in [2.24, 2.45) is 0 Å². The Kier molecular flexibility index (Phi) is 3.61. The first-order valence-electron chi connectivity index (χ1n) is 6.63. The van der Waals surface area contributed by atoms with Gasteiger partial charge in [0, 0.05) is 37.7 Å². The molecule has 0 amide bonds. The van der Waals surface area contributed by atoms with Gasteiger partial charge in [-0.1, -0.05) is 0 Å². The monoisotopic (exact) mass is 261 g/mol. The predicted octanol–water partition coefficient (Wildman–Crippen LogP) is 0.792. The number of hydrogen-bond acceptors (Lipinski definition) is 4. The van der Waals surface area contributed by atoms with Gasteiger partial charge in [0.2, 0.25) is 0 Å². The molecule has 1 atom stereocenters. The fourth-order valence-electron chi connectivity index (χ4n) is 2.51. The number of imidazole rings is 1. The van der Waals surface area contributed by atoms with Gasteiger partial charge in [-0.05, 0) is 13.0 Å². The molecule has 1 saturated heterocycles. The van der Waals surface area contributed by atoms with E-state index in [9.17, 15) is 0 Å². The molecule has 3 rings (SSSR count). The lowest BCUT2D eigenvalue weighted by Gasteiger charge is -2.10. The van der Waals surface area contributed by atoms with Crippen LogP contribution in [0.2, 0.25) is 0 Å². The summed E-state index contributed by atoms with van der Waals surface area (Å²) in [5.74, 6) is 0.546. The SMILES string of the molecule is COCCn1cc(-n2cncc2C2CCNC2)cn1. The topological polar surface area (TPSA) is 56.9 Å². The molecule has 0 radical (unpaired) electrons. The van der Waals surface area contributed by atoms with Gasteiger partial charge in [-0.3, -0.25) is 9.25 Å². The number of hydrogen-bond donors (Lipinski definition) is 1. The molecule has 2 aromatic rings. The van der Waals surface area contributed by atoms with Crippen molar-refractivity contribution in [3.8, 4) is 5.69 Å². The molecule has 6 heteroatoms. The Balaban J connectivity index is 1.81. The summed E-state index contributed by atoms with van der Waals surface area (Å²) >= 11 is 0. The maximum atomic E-state index is 5.06. The highest BCUT2D eigenvalue weighted by atomic mass is 16.5. The van der Waals surface area contributed by atoms with Gasteiger partial charge < -0.3 is 10.1 Å². The first-order valence-corrected chi connectivity index (χ1v) is 6.63. The number of ether oxygens (including phenoxy) is 1. The number of nitrogens with zero attached hydrogens (tertiary/aromatic N) is 4. The molecule has 19 heavy (non-hydrogen) atoms. The smallest absolute Gasteiger partial charge is 0.0995 e. The Morgan fingerprint density at radius 2 is 2.42 bits per heavy atom. The zero-order chi connectivity index (χ0) is 13.1. The van der Waals surface area contributed by atoms with Crippen LogP contribution in [0.25, 0.3) is 5.69 Å². The van der Waals surface area contributed by atoms with E-state index in [0.717, 1.165) is 25.3 Å². The summed E-state index contributed by atoms with van der Waals surface area (Å²) in [6.45, 7) is 3.56. The molecule has 1 fully saturated rings. The molecule has 0 spiro atoms. The van der Waals surface area contributed by atoms with Crippen LogP contribution in [0.1, 0.15) is 18.0 Å². The zero-order valence-corrected chi connectivity index (χ0v) is 11.1. The minimum atomic E-state index is 0.546. The minimum absolute atomic E-state index is 0.546. The van der Waals surface area contributed by atoms with Gasteiger partial charge in [-0.25, -0.2) is 4.98 Å². The molecular formula is C13H19N5O. The van der Waals surface area contributed by atoms with Gasteiger partial charge in [0.05, 0.1) is 31.4 Å². The van der Waals surface area contributed by atoms with Crippen molar-refractivity contribution in [1.29, 1.82) is 0 Å². The van der Waals surface area contributed by atoms with E-state index in [0.29, 0.717) is 12.5 Å². The fourth-order valence-corrected chi connectivity index (χ4v) is 2.51. The second-order valence-electron chi connectivity index (χ2n) is 4.83. The van der Waals surface area contributed by atoms with Crippen molar-refractivity contribution in [3.05, 3.63) is 30.6 Å². The maximum absolute atomic E-state index is 5.06. The van der Waals surface area contributed by atoms with Crippen LogP contribution in [0.3, 0.4) is 0 Å². The molecule has 1 aliphatic heterocycles. The van der Waals surface area contributed by atoms with E-state index >= 15 is 0 Å². The van der Waals surface area contributed by atoms with Crippen molar-refractivity contribution in [1.82, 2.24) is 24.6 Å². The lowest BCUT2D eigenvalue weighted by Crippen LogP contribution is -2.10. The molecule has 0 aromatic carbocycles. The van der Waals surface area contributed by atoms with Crippen LogP contribution in [-0.2, 0) is 11.3 Å². The Morgan fingerprint density at radius 3 is 3.21 bits per heavy atom. The first kappa shape index (κ1) is 12.4. The van der Waals surface area contributed by atoms with Crippen molar-refractivity contribution < 1.29 is 4.74 Å². The van der Waals surface area contributed by atoms with Crippen LogP contribution >= 0.6 is 0 Å². The Bertz CT molecular complexity index is 527. The average molecular weight is 261 g/mol. The lowest BCUT2D eigenvalue weighted by atomic mass is 10.1. The summed E-state index contributed by atoms with van der Waals surface area (Å²) in [6, 6.07) is 0. The van der Waals surface area contributed by atoms with E-state index in [1.165, 1.54) is 12.1 Å². The van der Waals surface area contributed by atoms with Gasteiger partial charge in [0.1, 0.15) is 0 Å². The van der Waals surface area contributed by atoms with Crippen LogP contribution in [0, 0.1) is 0 Å². The third-order valence-electron chi connectivity index (χ3n) is 3.57.